The van der Waals surface area contributed by atoms with Crippen LogP contribution in [-0.2, 0) is 0 Å². The van der Waals surface area contributed by atoms with E-state index in [0.717, 1.165) is 0 Å². The monoisotopic (exact) mass is 223 g/mol. The Labute approximate surface area is 84.5 Å². The fourth-order valence-electron chi connectivity index (χ4n) is 0.744. The van der Waals surface area contributed by atoms with Crippen molar-refractivity contribution in [3.8, 4) is 0 Å². The normalized spacial score (nSPS) is 10.0. The summed E-state index contributed by atoms with van der Waals surface area (Å²) in [6, 6.07) is 0. The second-order valence-electron chi connectivity index (χ2n) is 2.14. The van der Waals surface area contributed by atoms with Gasteiger partial charge in [-0.25, -0.2) is 4.98 Å². The second-order valence-corrected chi connectivity index (χ2v) is 3.29. The Morgan fingerprint density at radius 1 is 1.42 bits per heavy atom. The van der Waals surface area contributed by atoms with Crippen LogP contribution in [0.25, 0.3) is 0 Å². The van der Waals surface area contributed by atoms with Gasteiger partial charge in [0.15, 0.2) is 5.78 Å². The highest BCUT2D eigenvalue weighted by Crippen LogP contribution is 2.29. The number of rotatable bonds is 1. The van der Waals surface area contributed by atoms with E-state index < -0.39 is 0 Å². The van der Waals surface area contributed by atoms with E-state index in [1.165, 1.54) is 13.1 Å². The number of hydrogen-bond acceptors (Lipinski definition) is 2. The maximum absolute atomic E-state index is 11.0. The van der Waals surface area contributed by atoms with Gasteiger partial charge in [0.25, 0.3) is 0 Å². The zero-order valence-corrected chi connectivity index (χ0v) is 8.33. The molecule has 0 aliphatic carbocycles. The summed E-state index contributed by atoms with van der Waals surface area (Å²) in [7, 11) is 0. The molecule has 1 aromatic heterocycles. The van der Waals surface area contributed by atoms with Crippen molar-refractivity contribution in [1.29, 1.82) is 0 Å². The van der Waals surface area contributed by atoms with Gasteiger partial charge in [0.1, 0.15) is 5.15 Å². The van der Waals surface area contributed by atoms with E-state index in [4.69, 9.17) is 34.8 Å². The maximum atomic E-state index is 11.0. The van der Waals surface area contributed by atoms with Crippen LogP contribution in [0.3, 0.4) is 0 Å². The van der Waals surface area contributed by atoms with Gasteiger partial charge in [0.05, 0.1) is 15.6 Å². The number of hydrogen-bond donors (Lipinski definition) is 0. The average molecular weight is 224 g/mol. The van der Waals surface area contributed by atoms with Gasteiger partial charge in [0, 0.05) is 6.20 Å². The number of pyridine rings is 1. The van der Waals surface area contributed by atoms with Crippen molar-refractivity contribution in [3.63, 3.8) is 0 Å². The van der Waals surface area contributed by atoms with Gasteiger partial charge in [-0.1, -0.05) is 34.8 Å². The predicted octanol–water partition coefficient (Wildman–Crippen LogP) is 3.24. The van der Waals surface area contributed by atoms with Gasteiger partial charge in [0.2, 0.25) is 0 Å². The van der Waals surface area contributed by atoms with Gasteiger partial charge >= 0.3 is 0 Å². The van der Waals surface area contributed by atoms with Crippen LogP contribution in [0.4, 0.5) is 0 Å². The number of aromatic nitrogens is 1. The van der Waals surface area contributed by atoms with Crippen molar-refractivity contribution in [2.45, 2.75) is 6.92 Å². The molecule has 5 heteroatoms. The molecule has 0 aliphatic heterocycles. The molecule has 1 aromatic rings. The lowest BCUT2D eigenvalue weighted by Gasteiger charge is -2.02. The Hall–Kier alpha value is -0.310. The van der Waals surface area contributed by atoms with Crippen molar-refractivity contribution in [3.05, 3.63) is 27.0 Å². The van der Waals surface area contributed by atoms with Crippen molar-refractivity contribution < 1.29 is 4.79 Å². The minimum absolute atomic E-state index is 0.0805. The molecule has 0 saturated carbocycles. The minimum Gasteiger partial charge on any atom is -0.294 e. The summed E-state index contributed by atoms with van der Waals surface area (Å²) in [5.74, 6) is -0.250. The topological polar surface area (TPSA) is 30.0 Å². The first kappa shape index (κ1) is 9.78. The largest absolute Gasteiger partial charge is 0.294 e. The molecule has 0 unspecified atom stereocenters. The third-order valence-corrected chi connectivity index (χ3v) is 2.34. The van der Waals surface area contributed by atoms with Crippen LogP contribution in [0.5, 0.6) is 0 Å². The molecule has 0 amide bonds. The van der Waals surface area contributed by atoms with E-state index in [9.17, 15) is 4.79 Å². The van der Waals surface area contributed by atoms with Crippen LogP contribution in [0.1, 0.15) is 17.3 Å². The summed E-state index contributed by atoms with van der Waals surface area (Å²) in [6.07, 6.45) is 1.30. The lowest BCUT2D eigenvalue weighted by Crippen LogP contribution is -1.97. The van der Waals surface area contributed by atoms with Crippen molar-refractivity contribution >= 4 is 40.6 Å². The van der Waals surface area contributed by atoms with Crippen LogP contribution in [0, 0.1) is 0 Å². The number of halogens is 3. The fraction of sp³-hybridized carbons (Fsp3) is 0.143. The maximum Gasteiger partial charge on any atom is 0.164 e. The molecule has 0 aromatic carbocycles. The van der Waals surface area contributed by atoms with Crippen molar-refractivity contribution in [2.75, 3.05) is 0 Å². The third kappa shape index (κ3) is 1.71. The standard InChI is InChI=1S/C7H4Cl3NO/c1-3(12)5-6(9)4(8)2-11-7(5)10/h2H,1H3. The van der Waals surface area contributed by atoms with Gasteiger partial charge in [-0.2, -0.15) is 0 Å². The second kappa shape index (κ2) is 3.60. The van der Waals surface area contributed by atoms with Crippen molar-refractivity contribution in [1.82, 2.24) is 4.98 Å². The SMILES string of the molecule is CC(=O)c1c(Cl)ncc(Cl)c1Cl. The quantitative estimate of drug-likeness (QED) is 0.541. The molecule has 1 heterocycles. The Balaban J connectivity index is 3.43. The van der Waals surface area contributed by atoms with Gasteiger partial charge in [-0.3, -0.25) is 4.79 Å². The number of Topliss-reactive ketones (excluding diaryl/α,β-unsaturated/α-hetero) is 1. The smallest absolute Gasteiger partial charge is 0.164 e. The molecule has 1 rings (SSSR count). The Bertz CT molecular complexity index is 338. The van der Waals surface area contributed by atoms with E-state index in [1.54, 1.807) is 0 Å². The molecule has 0 fully saturated rings. The average Bonchev–Trinajstić information content (AvgIpc) is 1.97. The molecule has 0 aliphatic rings. The van der Waals surface area contributed by atoms with Crippen LogP contribution in [-0.4, -0.2) is 10.8 Å². The molecule has 0 spiro atoms. The molecule has 64 valence electrons. The molecular formula is C7H4Cl3NO. The summed E-state index contributed by atoms with van der Waals surface area (Å²) in [5, 5.41) is 0.465. The van der Waals surface area contributed by atoms with Crippen LogP contribution < -0.4 is 0 Å². The zero-order chi connectivity index (χ0) is 9.30. The lowest BCUT2D eigenvalue weighted by molar-refractivity contribution is 0.101. The lowest BCUT2D eigenvalue weighted by atomic mass is 10.2. The van der Waals surface area contributed by atoms with E-state index in [-0.39, 0.29) is 26.5 Å². The molecule has 0 radical (unpaired) electrons. The summed E-state index contributed by atoms with van der Waals surface area (Å²) in [5.41, 5.74) is 0.172. The van der Waals surface area contributed by atoms with E-state index >= 15 is 0 Å². The van der Waals surface area contributed by atoms with Gasteiger partial charge in [-0.05, 0) is 6.92 Å². The summed E-state index contributed by atoms with van der Waals surface area (Å²) in [6.45, 7) is 1.35. The Morgan fingerprint density at radius 3 is 2.42 bits per heavy atom. The molecule has 0 bridgehead atoms. The summed E-state index contributed by atoms with van der Waals surface area (Å²) in [4.78, 5) is 14.7. The number of carbonyl (C=O) groups is 1. The van der Waals surface area contributed by atoms with Crippen molar-refractivity contribution in [2.24, 2.45) is 0 Å². The number of ketones is 1. The molecule has 12 heavy (non-hydrogen) atoms. The zero-order valence-electron chi connectivity index (χ0n) is 6.07. The van der Waals surface area contributed by atoms with E-state index in [1.807, 2.05) is 0 Å². The predicted molar refractivity (Wildman–Crippen MR) is 49.3 cm³/mol. The molecule has 2 nitrogen and oxygen atoms in total. The molecule has 0 saturated heterocycles. The highest BCUT2D eigenvalue weighted by molar-refractivity contribution is 6.45. The number of nitrogens with zero attached hydrogens (tertiary/aromatic N) is 1. The van der Waals surface area contributed by atoms with Crippen LogP contribution >= 0.6 is 34.8 Å². The third-order valence-electron chi connectivity index (χ3n) is 1.28. The van der Waals surface area contributed by atoms with Gasteiger partial charge in [-0.15, -0.1) is 0 Å². The Kier molecular flexibility index (Phi) is 2.94. The van der Waals surface area contributed by atoms with Gasteiger partial charge < -0.3 is 0 Å². The summed E-state index contributed by atoms with van der Waals surface area (Å²) >= 11 is 17.0. The minimum atomic E-state index is -0.250. The van der Waals surface area contributed by atoms with E-state index in [0.29, 0.717) is 0 Å². The summed E-state index contributed by atoms with van der Waals surface area (Å²) < 4.78 is 0. The molecule has 0 atom stereocenters. The first-order chi connectivity index (χ1) is 5.54. The fourth-order valence-corrected chi connectivity index (χ4v) is 1.48. The Morgan fingerprint density at radius 2 is 2.00 bits per heavy atom. The number of carbonyl (C=O) groups excluding carboxylic acids is 1. The molecule has 0 N–H and O–H groups in total. The molecular weight excluding hydrogens is 220 g/mol. The van der Waals surface area contributed by atoms with Crippen LogP contribution in [0.2, 0.25) is 15.2 Å². The first-order valence-electron chi connectivity index (χ1n) is 3.04. The van der Waals surface area contributed by atoms with E-state index in [2.05, 4.69) is 4.98 Å². The first-order valence-corrected chi connectivity index (χ1v) is 4.18. The highest BCUT2D eigenvalue weighted by atomic mass is 35.5. The highest BCUT2D eigenvalue weighted by Gasteiger charge is 2.14. The van der Waals surface area contributed by atoms with Crippen LogP contribution in [0.15, 0.2) is 6.20 Å².